The Balaban J connectivity index is 2.24. The number of methoxy groups -OCH3 is 2. The number of halogens is 1. The summed E-state index contributed by atoms with van der Waals surface area (Å²) >= 11 is 0. The first-order valence-electron chi connectivity index (χ1n) is 10.4. The van der Waals surface area contributed by atoms with Crippen LogP contribution < -0.4 is 15.0 Å². The number of carbonyl (C=O) groups is 1. The highest BCUT2D eigenvalue weighted by molar-refractivity contribution is 6.08. The highest BCUT2D eigenvalue weighted by Crippen LogP contribution is 2.48. The molecule has 9 heteroatoms. The molecule has 1 atom stereocenters. The summed E-state index contributed by atoms with van der Waals surface area (Å²) in [6.45, 7) is 3.81. The topological polar surface area (TPSA) is 106 Å². The number of nitroso groups, excluding NO2 is 1. The molecule has 3 aromatic carbocycles. The van der Waals surface area contributed by atoms with Crippen molar-refractivity contribution in [1.82, 2.24) is 0 Å². The molecule has 0 unspecified atom stereocenters. The summed E-state index contributed by atoms with van der Waals surface area (Å²) in [4.78, 5) is 24.5. The van der Waals surface area contributed by atoms with Crippen molar-refractivity contribution in [3.63, 3.8) is 0 Å². The second-order valence-electron chi connectivity index (χ2n) is 7.70. The molecule has 0 fully saturated rings. The van der Waals surface area contributed by atoms with E-state index < -0.39 is 17.9 Å². The van der Waals surface area contributed by atoms with Crippen LogP contribution in [0.4, 0.5) is 15.8 Å². The van der Waals surface area contributed by atoms with Gasteiger partial charge in [0.15, 0.2) is 0 Å². The zero-order valence-electron chi connectivity index (χ0n) is 19.2. The SMILES string of the molecule is COc1cc([C@@H](CC=C(C)C)OC(=O)c2ccc(F)cc2)c(OC)c2c(N=O)ccc(NO)c12. The lowest BCUT2D eigenvalue weighted by Crippen LogP contribution is -2.13. The first kappa shape index (κ1) is 24.7. The molecule has 2 N–H and O–H groups in total. The second-order valence-corrected chi connectivity index (χ2v) is 7.70. The smallest absolute Gasteiger partial charge is 0.338 e. The van der Waals surface area contributed by atoms with Crippen molar-refractivity contribution in [3.05, 3.63) is 76.0 Å². The second kappa shape index (κ2) is 10.8. The van der Waals surface area contributed by atoms with Crippen LogP contribution in [0.25, 0.3) is 10.8 Å². The molecule has 0 spiro atoms. The summed E-state index contributed by atoms with van der Waals surface area (Å²) in [5.74, 6) is -0.594. The summed E-state index contributed by atoms with van der Waals surface area (Å²) in [5.41, 5.74) is 4.02. The van der Waals surface area contributed by atoms with E-state index in [0.717, 1.165) is 5.57 Å². The largest absolute Gasteiger partial charge is 0.496 e. The van der Waals surface area contributed by atoms with Crippen LogP contribution in [-0.2, 0) is 4.74 Å². The van der Waals surface area contributed by atoms with Gasteiger partial charge in [0.05, 0.1) is 36.2 Å². The van der Waals surface area contributed by atoms with Gasteiger partial charge in [-0.25, -0.2) is 9.18 Å². The number of allylic oxidation sites excluding steroid dienone is 1. The molecular formula is C25H25FN2O6. The molecule has 178 valence electrons. The van der Waals surface area contributed by atoms with E-state index >= 15 is 0 Å². The maximum absolute atomic E-state index is 13.3. The van der Waals surface area contributed by atoms with E-state index in [1.165, 1.54) is 50.6 Å². The van der Waals surface area contributed by atoms with Gasteiger partial charge in [-0.3, -0.25) is 10.7 Å². The van der Waals surface area contributed by atoms with Crippen LogP contribution >= 0.6 is 0 Å². The number of benzene rings is 3. The first-order chi connectivity index (χ1) is 16.3. The van der Waals surface area contributed by atoms with E-state index in [1.54, 1.807) is 6.07 Å². The summed E-state index contributed by atoms with van der Waals surface area (Å²) in [7, 11) is 2.85. The number of esters is 1. The molecular weight excluding hydrogens is 443 g/mol. The fraction of sp³-hybridized carbons (Fsp3) is 0.240. The van der Waals surface area contributed by atoms with Crippen molar-refractivity contribution in [2.75, 3.05) is 19.7 Å². The third kappa shape index (κ3) is 4.99. The van der Waals surface area contributed by atoms with Crippen LogP contribution in [-0.4, -0.2) is 25.4 Å². The average Bonchev–Trinajstić information content (AvgIpc) is 2.84. The van der Waals surface area contributed by atoms with Gasteiger partial charge in [-0.05, 0) is 61.5 Å². The van der Waals surface area contributed by atoms with Crippen LogP contribution in [0.1, 0.15) is 42.3 Å². The van der Waals surface area contributed by atoms with Gasteiger partial charge in [-0.15, -0.1) is 4.91 Å². The van der Waals surface area contributed by atoms with Crippen LogP contribution in [0.2, 0.25) is 0 Å². The maximum atomic E-state index is 13.3. The highest BCUT2D eigenvalue weighted by atomic mass is 19.1. The predicted molar refractivity (Wildman–Crippen MR) is 127 cm³/mol. The Morgan fingerprint density at radius 1 is 1.12 bits per heavy atom. The molecule has 0 radical (unpaired) electrons. The number of nitrogens with zero attached hydrogens (tertiary/aromatic N) is 1. The average molecular weight is 468 g/mol. The highest BCUT2D eigenvalue weighted by Gasteiger charge is 2.27. The molecule has 0 aliphatic carbocycles. The number of anilines is 1. The standard InChI is InChI=1S/C25H25FN2O6/c1-14(2)5-12-20(34-25(29)15-6-8-16(26)9-7-15)17-13-21(32-3)22-18(27-30)10-11-19(28-31)23(22)24(17)33-4/h5-11,13,20,27,30H,12H2,1-4H3/t20-/m1/s1. The number of rotatable bonds is 9. The molecule has 0 amide bonds. The lowest BCUT2D eigenvalue weighted by atomic mass is 9.96. The quantitative estimate of drug-likeness (QED) is 0.161. The lowest BCUT2D eigenvalue weighted by molar-refractivity contribution is 0.0298. The molecule has 3 aromatic rings. The van der Waals surface area contributed by atoms with Gasteiger partial charge in [0.25, 0.3) is 0 Å². The van der Waals surface area contributed by atoms with Crippen LogP contribution in [0.15, 0.2) is 59.3 Å². The molecule has 34 heavy (non-hydrogen) atoms. The Labute approximate surface area is 195 Å². The summed E-state index contributed by atoms with van der Waals surface area (Å²) < 4.78 is 30.3. The predicted octanol–water partition coefficient (Wildman–Crippen LogP) is 6.45. The summed E-state index contributed by atoms with van der Waals surface area (Å²) in [5, 5.41) is 13.4. The number of nitrogens with one attached hydrogen (secondary N) is 1. The number of ether oxygens (including phenoxy) is 3. The van der Waals surface area contributed by atoms with Crippen molar-refractivity contribution in [2.24, 2.45) is 5.18 Å². The molecule has 8 nitrogen and oxygen atoms in total. The molecule has 0 saturated heterocycles. The van der Waals surface area contributed by atoms with E-state index in [9.17, 15) is 19.3 Å². The van der Waals surface area contributed by atoms with E-state index in [0.29, 0.717) is 23.1 Å². The Kier molecular flexibility index (Phi) is 7.80. The third-order valence-corrected chi connectivity index (χ3v) is 5.26. The Hall–Kier alpha value is -3.98. The maximum Gasteiger partial charge on any atom is 0.338 e. The van der Waals surface area contributed by atoms with Crippen LogP contribution in [0, 0.1) is 10.7 Å². The molecule has 0 heterocycles. The molecule has 3 rings (SSSR count). The van der Waals surface area contributed by atoms with Crippen molar-refractivity contribution in [3.8, 4) is 11.5 Å². The summed E-state index contributed by atoms with van der Waals surface area (Å²) in [6, 6.07) is 9.55. The molecule has 0 aliphatic rings. The van der Waals surface area contributed by atoms with Crippen molar-refractivity contribution in [1.29, 1.82) is 0 Å². The monoisotopic (exact) mass is 468 g/mol. The summed E-state index contributed by atoms with van der Waals surface area (Å²) in [6.07, 6.45) is 1.34. The first-order valence-corrected chi connectivity index (χ1v) is 10.4. The number of hydrogen-bond donors (Lipinski definition) is 2. The molecule has 0 bridgehead atoms. The third-order valence-electron chi connectivity index (χ3n) is 5.26. The van der Waals surface area contributed by atoms with Gasteiger partial charge in [0.2, 0.25) is 0 Å². The van der Waals surface area contributed by atoms with E-state index in [-0.39, 0.29) is 28.1 Å². The minimum Gasteiger partial charge on any atom is -0.496 e. The van der Waals surface area contributed by atoms with Gasteiger partial charge < -0.3 is 14.2 Å². The van der Waals surface area contributed by atoms with Crippen molar-refractivity contribution >= 4 is 28.1 Å². The van der Waals surface area contributed by atoms with Crippen molar-refractivity contribution in [2.45, 2.75) is 26.4 Å². The number of carbonyl (C=O) groups excluding carboxylic acids is 1. The fourth-order valence-corrected chi connectivity index (χ4v) is 3.65. The molecule has 0 aromatic heterocycles. The van der Waals surface area contributed by atoms with Crippen molar-refractivity contribution < 1.29 is 28.6 Å². The van der Waals surface area contributed by atoms with Gasteiger partial charge in [-0.1, -0.05) is 11.6 Å². The number of fused-ring (bicyclic) bond motifs is 1. The minimum atomic E-state index is -0.842. The van der Waals surface area contributed by atoms with Gasteiger partial charge in [0.1, 0.15) is 29.1 Å². The Morgan fingerprint density at radius 2 is 1.82 bits per heavy atom. The van der Waals surface area contributed by atoms with E-state index in [2.05, 4.69) is 10.7 Å². The Bertz CT molecular complexity index is 1240. The minimum absolute atomic E-state index is 0.0526. The van der Waals surface area contributed by atoms with Gasteiger partial charge in [0, 0.05) is 12.0 Å². The van der Waals surface area contributed by atoms with Gasteiger partial charge >= 0.3 is 5.97 Å². The molecule has 0 saturated carbocycles. The fourth-order valence-electron chi connectivity index (χ4n) is 3.65. The van der Waals surface area contributed by atoms with Crippen LogP contribution in [0.3, 0.4) is 0 Å². The normalized spacial score (nSPS) is 11.5. The van der Waals surface area contributed by atoms with E-state index in [1.807, 2.05) is 19.9 Å². The lowest BCUT2D eigenvalue weighted by Gasteiger charge is -2.23. The zero-order chi connectivity index (χ0) is 24.8. The van der Waals surface area contributed by atoms with Crippen LogP contribution in [0.5, 0.6) is 11.5 Å². The van der Waals surface area contributed by atoms with E-state index in [4.69, 9.17) is 14.2 Å². The molecule has 0 aliphatic heterocycles. The van der Waals surface area contributed by atoms with Gasteiger partial charge in [-0.2, -0.15) is 0 Å². The number of hydrogen-bond acceptors (Lipinski definition) is 8. The zero-order valence-corrected chi connectivity index (χ0v) is 19.2. The Morgan fingerprint density at radius 3 is 2.38 bits per heavy atom.